The largest absolute Gasteiger partial charge is 0.508 e. The molecule has 0 aromatic heterocycles. The number of aromatic hydroxyl groups is 2. The Kier molecular flexibility index (Phi) is 37.2. The fourth-order valence-electron chi connectivity index (χ4n) is 13.4. The highest BCUT2D eigenvalue weighted by atomic mass is 16.4. The quantitative estimate of drug-likeness (QED) is 0.0171. The third kappa shape index (κ3) is 30.9. The average molecular weight is 1620 g/mol. The predicted molar refractivity (Wildman–Crippen MR) is 416 cm³/mol. The zero-order chi connectivity index (χ0) is 85.5. The van der Waals surface area contributed by atoms with Crippen molar-refractivity contribution < 1.29 is 97.1 Å². The first-order valence-corrected chi connectivity index (χ1v) is 38.6. The van der Waals surface area contributed by atoms with E-state index in [1.807, 2.05) is 0 Å². The summed E-state index contributed by atoms with van der Waals surface area (Å²) in [6, 6.07) is -7.29. The van der Waals surface area contributed by atoms with Crippen LogP contribution in [0.4, 0.5) is 0 Å². The number of phenols is 2. The maximum Gasteiger partial charge on any atom is 0.326 e. The summed E-state index contributed by atoms with van der Waals surface area (Å²) in [4.78, 5) is 232. The molecule has 3 saturated heterocycles. The number of phenolic OH excluding ortho intramolecular Hbond substituents is 2. The van der Waals surface area contributed by atoms with E-state index < -0.39 is 192 Å². The van der Waals surface area contributed by atoms with Gasteiger partial charge in [0.25, 0.3) is 0 Å². The van der Waals surface area contributed by atoms with E-state index in [0.717, 1.165) is 4.90 Å². The number of aliphatic carboxylic acids is 2. The maximum absolute atomic E-state index is 15.1. The van der Waals surface area contributed by atoms with Crippen LogP contribution in [-0.4, -0.2) is 242 Å². The summed E-state index contributed by atoms with van der Waals surface area (Å²) in [5.41, 5.74) is 28.9. The van der Waals surface area contributed by atoms with Crippen LogP contribution in [-0.2, 0) is 89.6 Å². The minimum absolute atomic E-state index is 0.0153. The molecule has 0 radical (unpaired) electrons. The van der Waals surface area contributed by atoms with Crippen LogP contribution in [0.15, 0.2) is 58.5 Å². The third-order valence-electron chi connectivity index (χ3n) is 19.6. The number of nitrogens with two attached hydrogens (primary N) is 5. The number of benzene rings is 2. The first-order chi connectivity index (χ1) is 54.2. The molecule has 2 aromatic carbocycles. The lowest BCUT2D eigenvalue weighted by atomic mass is 9.96. The summed E-state index contributed by atoms with van der Waals surface area (Å²) in [6.45, 7) is 11.6. The number of primary amides is 1. The van der Waals surface area contributed by atoms with Gasteiger partial charge in [0.05, 0.1) is 6.42 Å². The van der Waals surface area contributed by atoms with E-state index in [9.17, 15) is 92.3 Å². The number of hydrogen-bond donors (Lipinski definition) is 20. The monoisotopic (exact) mass is 1610 g/mol. The van der Waals surface area contributed by atoms with Crippen molar-refractivity contribution in [3.05, 3.63) is 59.7 Å². The lowest BCUT2D eigenvalue weighted by molar-refractivity contribution is -0.144. The van der Waals surface area contributed by atoms with Gasteiger partial charge >= 0.3 is 11.9 Å². The summed E-state index contributed by atoms with van der Waals surface area (Å²) in [5.74, 6) is -16.7. The molecule has 0 spiro atoms. The first-order valence-electron chi connectivity index (χ1n) is 38.6. The van der Waals surface area contributed by atoms with E-state index in [1.165, 1.54) is 60.4 Å². The molecular weight excluding hydrogens is 1500 g/mol. The molecule has 0 bridgehead atoms. The highest BCUT2D eigenvalue weighted by Crippen LogP contribution is 2.24. The number of carbonyl (C=O) groups excluding carboxylic acids is 14. The molecule has 14 atom stereocenters. The lowest BCUT2D eigenvalue weighted by Crippen LogP contribution is -2.61. The van der Waals surface area contributed by atoms with E-state index >= 15 is 4.79 Å². The van der Waals surface area contributed by atoms with Crippen molar-refractivity contribution in [2.24, 2.45) is 56.4 Å². The van der Waals surface area contributed by atoms with Crippen LogP contribution in [0, 0.1) is 17.8 Å². The molecule has 115 heavy (non-hydrogen) atoms. The average Bonchev–Trinajstić information content (AvgIpc) is 1.73. The zero-order valence-electron chi connectivity index (χ0n) is 65.9. The Morgan fingerprint density at radius 3 is 1.38 bits per heavy atom. The van der Waals surface area contributed by atoms with Crippen molar-refractivity contribution in [3.8, 4) is 11.5 Å². The molecule has 634 valence electrons. The predicted octanol–water partition coefficient (Wildman–Crippen LogP) is -3.92. The second kappa shape index (κ2) is 45.7. The number of nitrogens with zero attached hydrogens (tertiary/aromatic N) is 4. The van der Waals surface area contributed by atoms with Crippen molar-refractivity contribution >= 4 is 107 Å². The normalized spacial score (nSPS) is 18.0. The molecule has 0 unspecified atom stereocenters. The van der Waals surface area contributed by atoms with Crippen molar-refractivity contribution in [1.29, 1.82) is 0 Å². The van der Waals surface area contributed by atoms with Crippen molar-refractivity contribution in [1.82, 2.24) is 68.3 Å². The summed E-state index contributed by atoms with van der Waals surface area (Å²) < 4.78 is 0. The molecule has 5 rings (SSSR count). The lowest BCUT2D eigenvalue weighted by Gasteiger charge is -2.32. The third-order valence-corrected chi connectivity index (χ3v) is 19.6. The summed E-state index contributed by atoms with van der Waals surface area (Å²) in [5, 5.41) is 68.2. The van der Waals surface area contributed by atoms with Crippen LogP contribution in [0.5, 0.6) is 11.5 Å². The first kappa shape index (κ1) is 93.7. The molecular formula is C75H114N20O20. The fraction of sp³-hybridized carbons (Fsp3) is 0.600. The van der Waals surface area contributed by atoms with E-state index in [0.29, 0.717) is 17.5 Å². The van der Waals surface area contributed by atoms with Gasteiger partial charge in [0.1, 0.15) is 90.0 Å². The van der Waals surface area contributed by atoms with Gasteiger partial charge in [0.15, 0.2) is 11.9 Å². The molecule has 3 aliphatic heterocycles. The minimum atomic E-state index is -1.91. The van der Waals surface area contributed by atoms with E-state index in [2.05, 4.69) is 68.5 Å². The molecule has 25 N–H and O–H groups in total. The number of aliphatic imine (C=N–C) groups is 2. The fourth-order valence-corrected chi connectivity index (χ4v) is 13.4. The zero-order valence-corrected chi connectivity index (χ0v) is 65.9. The Morgan fingerprint density at radius 2 is 0.904 bits per heavy atom. The molecule has 0 saturated carbocycles. The molecule has 3 heterocycles. The van der Waals surface area contributed by atoms with Crippen LogP contribution in [0.1, 0.15) is 162 Å². The SMILES string of the molecule is CC[C@H](C)[C@H](NC(=O)[C@H](Cc1ccc(O)cc1)NC(=O)[C@@H]1CCCN1C(=O)[C@H](CCCN=C(N)N)NC(=O)[C@H](CCCN=C(N)N)NC(=O)[C@@H]1CCCN1C(=O)[C@H](C)NC(=O)[C@H](CC(N)=O)NC(=O)[C@H](CCC(=O)O)NC(=O)[C@H](Cc1ccc(O)cc1)NC(=O)[C@H](CC(C)C)NC(=O)[C@@H]1CCC(=O)N1)C(=O)N[C@@H](CC(C)C)C(=O)O. The van der Waals surface area contributed by atoms with Gasteiger partial charge in [-0.3, -0.25) is 81.9 Å². The van der Waals surface area contributed by atoms with Gasteiger partial charge < -0.3 is 117 Å². The molecule has 14 amide bonds. The summed E-state index contributed by atoms with van der Waals surface area (Å²) in [6.07, 6.45) is -1.69. The van der Waals surface area contributed by atoms with Crippen LogP contribution >= 0.6 is 0 Å². The Balaban J connectivity index is 1.36. The highest BCUT2D eigenvalue weighted by Gasteiger charge is 2.44. The Bertz CT molecular complexity index is 3830. The molecule has 3 aliphatic rings. The van der Waals surface area contributed by atoms with Crippen LogP contribution < -0.4 is 87.2 Å². The molecule has 2 aromatic rings. The number of likely N-dealkylation sites (tertiary alicyclic amines) is 2. The van der Waals surface area contributed by atoms with Gasteiger partial charge in [-0.15, -0.1) is 0 Å². The van der Waals surface area contributed by atoms with Gasteiger partial charge in [-0.05, 0) is 137 Å². The van der Waals surface area contributed by atoms with E-state index in [4.69, 9.17) is 28.7 Å². The number of amides is 14. The molecule has 0 aliphatic carbocycles. The number of nitrogens with one attached hydrogen (secondary N) is 11. The van der Waals surface area contributed by atoms with Crippen molar-refractivity contribution in [2.75, 3.05) is 26.2 Å². The second-order valence-corrected chi connectivity index (χ2v) is 30.0. The summed E-state index contributed by atoms with van der Waals surface area (Å²) >= 11 is 0. The number of carbonyl (C=O) groups is 16. The number of carboxylic acid groups (broad SMARTS) is 2. The number of rotatable bonds is 46. The van der Waals surface area contributed by atoms with Crippen LogP contribution in [0.2, 0.25) is 0 Å². The van der Waals surface area contributed by atoms with E-state index in [-0.39, 0.29) is 157 Å². The van der Waals surface area contributed by atoms with Crippen LogP contribution in [0.3, 0.4) is 0 Å². The number of hydrogen-bond acceptors (Lipinski definition) is 20. The Hall–Kier alpha value is -11.9. The van der Waals surface area contributed by atoms with E-state index in [1.54, 1.807) is 41.5 Å². The molecule has 40 nitrogen and oxygen atoms in total. The standard InChI is InChI=1S/C75H114N20O20/c1-8-40(6)60(70(111)92-54(73(114)115)34-39(4)5)93-67(108)52(36-43-19-23-45(97)24-20-43)91-69(110)56-16-12-32-95(56)72(113)49(14-10-30-82-75(79)80)87-61(102)46(13-9-29-81-74(77)78)86-68(109)55-15-11-31-94(55)71(112)41(7)83-64(105)53(37-57(76)98)90-63(104)48(26-28-59(100)101)85-66(107)51(35-42-17-21-44(96)22-18-42)89-65(106)50(33-38(2)3)88-62(103)47-25-27-58(99)84-47/h17-24,38-41,46-56,60,96-97H,8-16,25-37H2,1-7H3,(H2,76,98)(H,83,105)(H,84,99)(H,85,107)(H,86,109)(H,87,102)(H,88,103)(H,89,106)(H,90,104)(H,91,110)(H,92,111)(H,93,108)(H,100,101)(H,114,115)(H4,77,78,81)(H4,79,80,82)/t40-,41-,46-,47-,48-,49-,50-,51-,52-,53-,54-,55-,56-,60-/m0/s1. The van der Waals surface area contributed by atoms with Gasteiger partial charge in [0.2, 0.25) is 82.7 Å². The van der Waals surface area contributed by atoms with Crippen LogP contribution in [0.25, 0.3) is 0 Å². The van der Waals surface area contributed by atoms with Crippen molar-refractivity contribution in [3.63, 3.8) is 0 Å². The smallest absolute Gasteiger partial charge is 0.326 e. The van der Waals surface area contributed by atoms with Gasteiger partial charge in [-0.25, -0.2) is 4.79 Å². The molecule has 3 fully saturated rings. The topological polar surface area (TPSA) is 648 Å². The second-order valence-electron chi connectivity index (χ2n) is 30.0. The summed E-state index contributed by atoms with van der Waals surface area (Å²) in [7, 11) is 0. The highest BCUT2D eigenvalue weighted by molar-refractivity contribution is 6.01. The number of guanidine groups is 2. The molecule has 40 heteroatoms. The maximum atomic E-state index is 15.1. The van der Waals surface area contributed by atoms with Gasteiger partial charge in [-0.1, -0.05) is 72.2 Å². The van der Waals surface area contributed by atoms with Crippen molar-refractivity contribution in [2.45, 2.75) is 243 Å². The van der Waals surface area contributed by atoms with Gasteiger partial charge in [-0.2, -0.15) is 0 Å². The number of carboxylic acids is 2. The Morgan fingerprint density at radius 1 is 0.487 bits per heavy atom. The Labute approximate surface area is 665 Å². The minimum Gasteiger partial charge on any atom is -0.508 e. The van der Waals surface area contributed by atoms with Gasteiger partial charge in [0, 0.05) is 51.9 Å².